The molecule has 1 aliphatic heterocycles. The van der Waals surface area contributed by atoms with E-state index < -0.39 is 35.3 Å². The van der Waals surface area contributed by atoms with Crippen molar-refractivity contribution in [3.8, 4) is 0 Å². The molecule has 1 atom stereocenters. The van der Waals surface area contributed by atoms with E-state index in [9.17, 15) is 22.8 Å². The average Bonchev–Trinajstić information content (AvgIpc) is 2.57. The molecule has 4 nitrogen and oxygen atoms in total. The van der Waals surface area contributed by atoms with Crippen LogP contribution in [0.3, 0.4) is 0 Å². The second kappa shape index (κ2) is 6.35. The molecule has 2 aromatic rings. The van der Waals surface area contributed by atoms with Crippen molar-refractivity contribution >= 4 is 11.8 Å². The fourth-order valence-corrected chi connectivity index (χ4v) is 2.69. The van der Waals surface area contributed by atoms with Gasteiger partial charge in [-0.3, -0.25) is 9.59 Å². The van der Waals surface area contributed by atoms with Crippen LogP contribution in [0.15, 0.2) is 42.5 Å². The summed E-state index contributed by atoms with van der Waals surface area (Å²) >= 11 is 0. The van der Waals surface area contributed by atoms with Crippen LogP contribution in [0.1, 0.15) is 22.0 Å². The molecule has 2 aromatic carbocycles. The third kappa shape index (κ3) is 2.84. The third-order valence-electron chi connectivity index (χ3n) is 3.84. The van der Waals surface area contributed by atoms with Crippen molar-refractivity contribution in [2.45, 2.75) is 6.04 Å². The van der Waals surface area contributed by atoms with Crippen LogP contribution in [0.4, 0.5) is 13.2 Å². The van der Waals surface area contributed by atoms with Crippen molar-refractivity contribution in [1.82, 2.24) is 10.2 Å². The first-order chi connectivity index (χ1) is 11.5. The Morgan fingerprint density at radius 3 is 2.50 bits per heavy atom. The number of nitrogens with one attached hydrogen (secondary N) is 1. The van der Waals surface area contributed by atoms with Crippen LogP contribution in [-0.4, -0.2) is 29.8 Å². The number of halogens is 3. The maximum absolute atomic E-state index is 14.1. The van der Waals surface area contributed by atoms with Gasteiger partial charge >= 0.3 is 0 Å². The highest BCUT2D eigenvalue weighted by Crippen LogP contribution is 2.27. The molecule has 1 N–H and O–H groups in total. The van der Waals surface area contributed by atoms with E-state index in [4.69, 9.17) is 0 Å². The first kappa shape index (κ1) is 16.0. The maximum Gasteiger partial charge on any atom is 0.254 e. The fraction of sp³-hybridized carbons (Fsp3) is 0.176. The molecule has 1 aliphatic rings. The van der Waals surface area contributed by atoms with Crippen molar-refractivity contribution in [3.05, 3.63) is 71.0 Å². The monoisotopic (exact) mass is 334 g/mol. The van der Waals surface area contributed by atoms with Crippen molar-refractivity contribution in [3.63, 3.8) is 0 Å². The van der Waals surface area contributed by atoms with Crippen molar-refractivity contribution in [2.75, 3.05) is 13.1 Å². The highest BCUT2D eigenvalue weighted by molar-refractivity contribution is 5.98. The van der Waals surface area contributed by atoms with Gasteiger partial charge in [0.2, 0.25) is 5.91 Å². The quantitative estimate of drug-likeness (QED) is 0.917. The lowest BCUT2D eigenvalue weighted by atomic mass is 10.0. The van der Waals surface area contributed by atoms with E-state index in [0.29, 0.717) is 0 Å². The van der Waals surface area contributed by atoms with Gasteiger partial charge in [-0.25, -0.2) is 13.2 Å². The Bertz CT molecular complexity index is 810. The van der Waals surface area contributed by atoms with Gasteiger partial charge in [-0.15, -0.1) is 0 Å². The van der Waals surface area contributed by atoms with E-state index in [2.05, 4.69) is 5.32 Å². The normalized spacial score (nSPS) is 17.5. The standard InChI is InChI=1S/C17H13F3N2O2/c18-12-4-2-1-3-11(12)15-16(23)21-7-8-22(15)17(24)10-5-6-13(19)14(20)9-10/h1-6,9,15H,7-8H2,(H,21,23). The molecule has 1 unspecified atom stereocenters. The molecule has 1 heterocycles. The summed E-state index contributed by atoms with van der Waals surface area (Å²) in [6.45, 7) is 0.321. The Morgan fingerprint density at radius 1 is 1.04 bits per heavy atom. The summed E-state index contributed by atoms with van der Waals surface area (Å²) in [5.74, 6) is -4.06. The number of carbonyl (C=O) groups is 2. The van der Waals surface area contributed by atoms with Gasteiger partial charge in [-0.2, -0.15) is 0 Å². The minimum Gasteiger partial charge on any atom is -0.352 e. The molecular formula is C17H13F3N2O2. The van der Waals surface area contributed by atoms with Gasteiger partial charge in [0.1, 0.15) is 11.9 Å². The Balaban J connectivity index is 2.00. The first-order valence-corrected chi connectivity index (χ1v) is 7.27. The lowest BCUT2D eigenvalue weighted by molar-refractivity contribution is -0.128. The third-order valence-corrected chi connectivity index (χ3v) is 3.84. The molecular weight excluding hydrogens is 321 g/mol. The summed E-state index contributed by atoms with van der Waals surface area (Å²) in [5.41, 5.74) is -0.0597. The summed E-state index contributed by atoms with van der Waals surface area (Å²) < 4.78 is 40.5. The number of hydrogen-bond donors (Lipinski definition) is 1. The van der Waals surface area contributed by atoms with E-state index in [-0.39, 0.29) is 24.2 Å². The summed E-state index contributed by atoms with van der Waals surface area (Å²) in [6, 6.07) is 7.20. The zero-order valence-corrected chi connectivity index (χ0v) is 12.4. The smallest absolute Gasteiger partial charge is 0.254 e. The SMILES string of the molecule is O=C1NCCN(C(=O)c2ccc(F)c(F)c2)C1c1ccccc1F. The topological polar surface area (TPSA) is 49.4 Å². The molecule has 0 radical (unpaired) electrons. The van der Waals surface area contributed by atoms with Gasteiger partial charge < -0.3 is 10.2 Å². The molecule has 0 saturated carbocycles. The van der Waals surface area contributed by atoms with Gasteiger partial charge in [-0.1, -0.05) is 18.2 Å². The zero-order chi connectivity index (χ0) is 17.3. The van der Waals surface area contributed by atoms with Crippen molar-refractivity contribution < 1.29 is 22.8 Å². The number of carbonyl (C=O) groups excluding carboxylic acids is 2. The second-order valence-corrected chi connectivity index (χ2v) is 5.34. The van der Waals surface area contributed by atoms with Gasteiger partial charge in [-0.05, 0) is 24.3 Å². The van der Waals surface area contributed by atoms with Crippen LogP contribution in [0.5, 0.6) is 0 Å². The van der Waals surface area contributed by atoms with Gasteiger partial charge in [0.25, 0.3) is 5.91 Å². The number of amides is 2. The number of nitrogens with zero attached hydrogens (tertiary/aromatic N) is 1. The zero-order valence-electron chi connectivity index (χ0n) is 12.4. The molecule has 0 spiro atoms. The molecule has 24 heavy (non-hydrogen) atoms. The van der Waals surface area contributed by atoms with Crippen LogP contribution in [0, 0.1) is 17.5 Å². The van der Waals surface area contributed by atoms with E-state index in [1.807, 2.05) is 0 Å². The van der Waals surface area contributed by atoms with Crippen molar-refractivity contribution in [1.29, 1.82) is 0 Å². The molecule has 3 rings (SSSR count). The lowest BCUT2D eigenvalue weighted by Gasteiger charge is -2.35. The van der Waals surface area contributed by atoms with Gasteiger partial charge in [0, 0.05) is 24.2 Å². The van der Waals surface area contributed by atoms with Gasteiger partial charge in [0.15, 0.2) is 11.6 Å². The van der Waals surface area contributed by atoms with Crippen molar-refractivity contribution in [2.24, 2.45) is 0 Å². The van der Waals surface area contributed by atoms with Crippen LogP contribution in [0.2, 0.25) is 0 Å². The predicted molar refractivity (Wildman–Crippen MR) is 79.5 cm³/mol. The molecule has 0 aliphatic carbocycles. The van der Waals surface area contributed by atoms with Crippen LogP contribution >= 0.6 is 0 Å². The molecule has 0 bridgehead atoms. The summed E-state index contributed by atoms with van der Waals surface area (Å²) in [7, 11) is 0. The highest BCUT2D eigenvalue weighted by atomic mass is 19.2. The molecule has 124 valence electrons. The van der Waals surface area contributed by atoms with Crippen LogP contribution in [0.25, 0.3) is 0 Å². The Morgan fingerprint density at radius 2 is 1.79 bits per heavy atom. The summed E-state index contributed by atoms with van der Waals surface area (Å²) in [6.07, 6.45) is 0. The molecule has 1 fully saturated rings. The molecule has 2 amide bonds. The highest BCUT2D eigenvalue weighted by Gasteiger charge is 2.36. The largest absolute Gasteiger partial charge is 0.352 e. The maximum atomic E-state index is 14.1. The summed E-state index contributed by atoms with van der Waals surface area (Å²) in [5, 5.41) is 2.58. The van der Waals surface area contributed by atoms with E-state index in [1.165, 1.54) is 18.2 Å². The second-order valence-electron chi connectivity index (χ2n) is 5.34. The number of rotatable bonds is 2. The number of hydrogen-bond acceptors (Lipinski definition) is 2. The van der Waals surface area contributed by atoms with E-state index >= 15 is 0 Å². The summed E-state index contributed by atoms with van der Waals surface area (Å²) in [4.78, 5) is 26.0. The van der Waals surface area contributed by atoms with E-state index in [1.54, 1.807) is 6.07 Å². The number of piperazine rings is 1. The van der Waals surface area contributed by atoms with Crippen LogP contribution < -0.4 is 5.32 Å². The minimum atomic E-state index is -1.17. The Kier molecular flexibility index (Phi) is 4.24. The lowest BCUT2D eigenvalue weighted by Crippen LogP contribution is -2.52. The minimum absolute atomic E-state index is 0.0469. The fourth-order valence-electron chi connectivity index (χ4n) is 2.69. The molecule has 1 saturated heterocycles. The Hall–Kier alpha value is -2.83. The average molecular weight is 334 g/mol. The Labute approximate surface area is 135 Å². The van der Waals surface area contributed by atoms with Crippen LogP contribution in [-0.2, 0) is 4.79 Å². The predicted octanol–water partition coefficient (Wildman–Crippen LogP) is 2.42. The van der Waals surface area contributed by atoms with E-state index in [0.717, 1.165) is 23.1 Å². The molecule has 7 heteroatoms. The first-order valence-electron chi connectivity index (χ1n) is 7.27. The molecule has 0 aromatic heterocycles. The number of benzene rings is 2. The van der Waals surface area contributed by atoms with Gasteiger partial charge in [0.05, 0.1) is 0 Å².